The molecule has 172 valence electrons. The van der Waals surface area contributed by atoms with Crippen molar-refractivity contribution in [1.82, 2.24) is 10.2 Å². The zero-order valence-electron chi connectivity index (χ0n) is 18.1. The SMILES string of the molecule is CCOC(=O)c1c(NC(=O)CSc2nnc(NC(=O)c3cccc(C)c3)s2)sc2c1CCC2. The lowest BCUT2D eigenvalue weighted by molar-refractivity contribution is -0.113. The van der Waals surface area contributed by atoms with Crippen molar-refractivity contribution in [2.24, 2.45) is 0 Å². The van der Waals surface area contributed by atoms with Crippen LogP contribution in [-0.4, -0.2) is 40.3 Å². The van der Waals surface area contributed by atoms with Crippen molar-refractivity contribution in [2.75, 3.05) is 23.0 Å². The van der Waals surface area contributed by atoms with Gasteiger partial charge >= 0.3 is 5.97 Å². The normalized spacial score (nSPS) is 12.3. The first-order valence-corrected chi connectivity index (χ1v) is 13.0. The van der Waals surface area contributed by atoms with Gasteiger partial charge in [-0.3, -0.25) is 14.9 Å². The van der Waals surface area contributed by atoms with Crippen LogP contribution in [0.4, 0.5) is 10.1 Å². The molecule has 3 aromatic rings. The number of hydrogen-bond acceptors (Lipinski definition) is 9. The van der Waals surface area contributed by atoms with Gasteiger partial charge in [-0.15, -0.1) is 21.5 Å². The fourth-order valence-electron chi connectivity index (χ4n) is 3.48. The van der Waals surface area contributed by atoms with E-state index >= 15 is 0 Å². The zero-order chi connectivity index (χ0) is 23.4. The molecule has 1 aliphatic carbocycles. The Morgan fingerprint density at radius 1 is 1.15 bits per heavy atom. The number of rotatable bonds is 8. The molecule has 0 radical (unpaired) electrons. The van der Waals surface area contributed by atoms with E-state index < -0.39 is 5.97 Å². The van der Waals surface area contributed by atoms with Gasteiger partial charge in [-0.25, -0.2) is 4.79 Å². The first-order valence-electron chi connectivity index (χ1n) is 10.4. The molecule has 11 heteroatoms. The molecular formula is C22H22N4O4S3. The maximum Gasteiger partial charge on any atom is 0.341 e. The van der Waals surface area contributed by atoms with Crippen molar-refractivity contribution in [3.05, 3.63) is 51.4 Å². The number of carbonyl (C=O) groups is 3. The number of thiophene rings is 1. The number of amides is 2. The summed E-state index contributed by atoms with van der Waals surface area (Å²) in [5.74, 6) is -0.795. The van der Waals surface area contributed by atoms with E-state index in [4.69, 9.17) is 4.74 Å². The highest BCUT2D eigenvalue weighted by Gasteiger charge is 2.28. The predicted octanol–water partition coefficient (Wildman–Crippen LogP) is 4.56. The number of nitrogens with one attached hydrogen (secondary N) is 2. The van der Waals surface area contributed by atoms with Gasteiger partial charge in [-0.2, -0.15) is 0 Å². The summed E-state index contributed by atoms with van der Waals surface area (Å²) in [4.78, 5) is 38.5. The quantitative estimate of drug-likeness (QED) is 0.264. The Morgan fingerprint density at radius 3 is 2.79 bits per heavy atom. The standard InChI is InChI=1S/C22H22N4O4S3/c1-3-30-20(29)17-14-8-5-9-15(14)32-19(17)23-16(27)11-31-22-26-25-21(33-22)24-18(28)13-7-4-6-12(2)10-13/h4,6-7,10H,3,5,8-9,11H2,1-2H3,(H,23,27)(H,24,25,28). The van der Waals surface area contributed by atoms with Gasteiger partial charge in [0.25, 0.3) is 5.91 Å². The minimum Gasteiger partial charge on any atom is -0.462 e. The largest absolute Gasteiger partial charge is 0.462 e. The number of nitrogens with zero attached hydrogens (tertiary/aromatic N) is 2. The van der Waals surface area contributed by atoms with E-state index in [1.54, 1.807) is 19.1 Å². The minimum absolute atomic E-state index is 0.102. The molecule has 0 atom stereocenters. The number of anilines is 2. The third-order valence-corrected chi connectivity index (χ3v) is 8.07. The monoisotopic (exact) mass is 502 g/mol. The third kappa shape index (κ3) is 5.60. The van der Waals surface area contributed by atoms with Crippen molar-refractivity contribution in [1.29, 1.82) is 0 Å². The van der Waals surface area contributed by atoms with E-state index in [1.807, 2.05) is 19.1 Å². The molecule has 2 N–H and O–H groups in total. The Bertz CT molecular complexity index is 1200. The molecule has 2 heterocycles. The highest BCUT2D eigenvalue weighted by Crippen LogP contribution is 2.39. The second kappa shape index (κ2) is 10.4. The minimum atomic E-state index is -0.391. The van der Waals surface area contributed by atoms with Gasteiger partial charge in [-0.05, 0) is 50.8 Å². The summed E-state index contributed by atoms with van der Waals surface area (Å²) in [6.45, 7) is 3.96. The Kier molecular flexibility index (Phi) is 7.41. The lowest BCUT2D eigenvalue weighted by Crippen LogP contribution is -2.16. The van der Waals surface area contributed by atoms with Crippen molar-refractivity contribution < 1.29 is 19.1 Å². The number of esters is 1. The number of aryl methyl sites for hydroxylation is 2. The Hall–Kier alpha value is -2.76. The molecule has 4 rings (SSSR count). The van der Waals surface area contributed by atoms with Gasteiger partial charge < -0.3 is 10.1 Å². The molecule has 0 saturated carbocycles. The summed E-state index contributed by atoms with van der Waals surface area (Å²) < 4.78 is 5.76. The van der Waals surface area contributed by atoms with Crippen molar-refractivity contribution in [2.45, 2.75) is 37.4 Å². The molecule has 0 saturated heterocycles. The predicted molar refractivity (Wildman–Crippen MR) is 131 cm³/mol. The number of thioether (sulfide) groups is 1. The van der Waals surface area contributed by atoms with Gasteiger partial charge in [0.1, 0.15) is 5.00 Å². The Labute approximate surface area is 203 Å². The molecule has 0 spiro atoms. The second-order valence-corrected chi connectivity index (χ2v) is 10.6. The molecule has 0 unspecified atom stereocenters. The molecular weight excluding hydrogens is 480 g/mol. The van der Waals surface area contributed by atoms with Crippen LogP contribution in [0.1, 0.15) is 50.1 Å². The number of ether oxygens (including phenoxy) is 1. The molecule has 0 aliphatic heterocycles. The van der Waals surface area contributed by atoms with Gasteiger partial charge in [-0.1, -0.05) is 40.8 Å². The fraction of sp³-hybridized carbons (Fsp3) is 0.318. The van der Waals surface area contributed by atoms with E-state index in [1.165, 1.54) is 34.4 Å². The van der Waals surface area contributed by atoms with Crippen LogP contribution in [0, 0.1) is 6.92 Å². The summed E-state index contributed by atoms with van der Waals surface area (Å²) in [6, 6.07) is 7.26. The van der Waals surface area contributed by atoms with Crippen LogP contribution >= 0.6 is 34.4 Å². The fourth-order valence-corrected chi connectivity index (χ4v) is 6.32. The molecule has 1 aromatic carbocycles. The van der Waals surface area contributed by atoms with Crippen LogP contribution in [0.25, 0.3) is 0 Å². The van der Waals surface area contributed by atoms with Crippen LogP contribution in [0.2, 0.25) is 0 Å². The number of carbonyl (C=O) groups excluding carboxylic acids is 3. The lowest BCUT2D eigenvalue weighted by atomic mass is 10.1. The van der Waals surface area contributed by atoms with Crippen LogP contribution in [0.3, 0.4) is 0 Å². The number of fused-ring (bicyclic) bond motifs is 1. The molecule has 8 nitrogen and oxygen atoms in total. The summed E-state index contributed by atoms with van der Waals surface area (Å²) >= 11 is 3.87. The first-order chi connectivity index (χ1) is 15.9. The molecule has 2 aromatic heterocycles. The van der Waals surface area contributed by atoms with E-state index in [9.17, 15) is 14.4 Å². The van der Waals surface area contributed by atoms with Crippen LogP contribution in [-0.2, 0) is 22.4 Å². The van der Waals surface area contributed by atoms with E-state index in [0.29, 0.717) is 25.6 Å². The number of aromatic nitrogens is 2. The van der Waals surface area contributed by atoms with Crippen LogP contribution in [0.5, 0.6) is 0 Å². The third-order valence-electron chi connectivity index (χ3n) is 4.89. The first kappa shape index (κ1) is 23.4. The average molecular weight is 503 g/mol. The highest BCUT2D eigenvalue weighted by molar-refractivity contribution is 8.01. The Balaban J connectivity index is 1.34. The van der Waals surface area contributed by atoms with Gasteiger partial charge in [0.05, 0.1) is 17.9 Å². The lowest BCUT2D eigenvalue weighted by Gasteiger charge is -2.07. The van der Waals surface area contributed by atoms with Crippen molar-refractivity contribution in [3.8, 4) is 0 Å². The maximum absolute atomic E-state index is 12.6. The van der Waals surface area contributed by atoms with Gasteiger partial charge in [0.2, 0.25) is 11.0 Å². The summed E-state index contributed by atoms with van der Waals surface area (Å²) in [6.07, 6.45) is 2.75. The van der Waals surface area contributed by atoms with E-state index in [-0.39, 0.29) is 24.2 Å². The van der Waals surface area contributed by atoms with E-state index in [0.717, 1.165) is 35.3 Å². The molecule has 33 heavy (non-hydrogen) atoms. The summed E-state index contributed by atoms with van der Waals surface area (Å²) in [7, 11) is 0. The van der Waals surface area contributed by atoms with E-state index in [2.05, 4.69) is 20.8 Å². The smallest absolute Gasteiger partial charge is 0.341 e. The topological polar surface area (TPSA) is 110 Å². The Morgan fingerprint density at radius 2 is 2.00 bits per heavy atom. The maximum atomic E-state index is 12.6. The van der Waals surface area contributed by atoms with Crippen LogP contribution < -0.4 is 10.6 Å². The molecule has 0 bridgehead atoms. The molecule has 1 aliphatic rings. The zero-order valence-corrected chi connectivity index (χ0v) is 20.5. The highest BCUT2D eigenvalue weighted by atomic mass is 32.2. The average Bonchev–Trinajstić information content (AvgIpc) is 3.49. The second-order valence-electron chi connectivity index (χ2n) is 7.32. The molecule has 2 amide bonds. The van der Waals surface area contributed by atoms with Crippen LogP contribution in [0.15, 0.2) is 28.6 Å². The summed E-state index contributed by atoms with van der Waals surface area (Å²) in [5.41, 5.74) is 3.02. The van der Waals surface area contributed by atoms with Gasteiger partial charge in [0.15, 0.2) is 4.34 Å². The van der Waals surface area contributed by atoms with Gasteiger partial charge in [0, 0.05) is 10.4 Å². The molecule has 0 fully saturated rings. The van der Waals surface area contributed by atoms with Crippen molar-refractivity contribution in [3.63, 3.8) is 0 Å². The number of hydrogen-bond donors (Lipinski definition) is 2. The van der Waals surface area contributed by atoms with Crippen molar-refractivity contribution >= 4 is 62.4 Å². The summed E-state index contributed by atoms with van der Waals surface area (Å²) in [5, 5.41) is 14.5. The number of benzene rings is 1.